The van der Waals surface area contributed by atoms with Crippen molar-refractivity contribution in [2.45, 2.75) is 19.1 Å². The van der Waals surface area contributed by atoms with Gasteiger partial charge in [0.25, 0.3) is 0 Å². The smallest absolute Gasteiger partial charge is 0.174 e. The van der Waals surface area contributed by atoms with Gasteiger partial charge in [0.1, 0.15) is 0 Å². The molecule has 2 heterocycles. The van der Waals surface area contributed by atoms with Crippen molar-refractivity contribution >= 4 is 46.3 Å². The van der Waals surface area contributed by atoms with Crippen LogP contribution in [-0.2, 0) is 0 Å². The van der Waals surface area contributed by atoms with Gasteiger partial charge in [0.15, 0.2) is 5.15 Å². The molecule has 2 rings (SSSR count). The first-order valence-corrected chi connectivity index (χ1v) is 8.03. The second-order valence-corrected chi connectivity index (χ2v) is 6.49. The van der Waals surface area contributed by atoms with E-state index in [9.17, 15) is 0 Å². The fraction of sp³-hybridized carbons (Fsp3) is 0.308. The van der Waals surface area contributed by atoms with Crippen molar-refractivity contribution in [1.82, 2.24) is 14.8 Å². The number of hydrogen-bond acceptors (Lipinski definition) is 4. The molecule has 4 nitrogen and oxygen atoms in total. The average molecular weight is 327 g/mol. The molecule has 106 valence electrons. The molecule has 0 saturated carbocycles. The van der Waals surface area contributed by atoms with Gasteiger partial charge in [-0.1, -0.05) is 30.7 Å². The molecular formula is C13H15ClN4S2. The summed E-state index contributed by atoms with van der Waals surface area (Å²) < 4.78 is 1.68. The van der Waals surface area contributed by atoms with E-state index in [0.717, 1.165) is 16.4 Å². The van der Waals surface area contributed by atoms with Crippen LogP contribution in [0.1, 0.15) is 13.8 Å². The summed E-state index contributed by atoms with van der Waals surface area (Å²) in [6.07, 6.45) is 5.25. The lowest BCUT2D eigenvalue weighted by atomic mass is 10.4. The quantitative estimate of drug-likeness (QED) is 0.846. The summed E-state index contributed by atoms with van der Waals surface area (Å²) in [5.74, 6) is 1.02. The normalized spacial score (nSPS) is 12.2. The fourth-order valence-corrected chi connectivity index (χ4v) is 2.82. The predicted molar refractivity (Wildman–Crippen MR) is 90.2 cm³/mol. The molecule has 1 atom stereocenters. The van der Waals surface area contributed by atoms with Gasteiger partial charge in [-0.15, -0.1) is 0 Å². The van der Waals surface area contributed by atoms with Crippen LogP contribution < -0.4 is 5.32 Å². The Morgan fingerprint density at radius 3 is 3.05 bits per heavy atom. The predicted octanol–water partition coefficient (Wildman–Crippen LogP) is 3.80. The van der Waals surface area contributed by atoms with Gasteiger partial charge in [-0.05, 0) is 24.8 Å². The molecule has 0 spiro atoms. The first-order chi connectivity index (χ1) is 9.61. The Labute approximate surface area is 132 Å². The lowest BCUT2D eigenvalue weighted by Gasteiger charge is -2.12. The molecule has 0 bridgehead atoms. The van der Waals surface area contributed by atoms with Crippen LogP contribution in [-0.4, -0.2) is 30.8 Å². The number of rotatable bonds is 5. The summed E-state index contributed by atoms with van der Waals surface area (Å²) in [4.78, 5) is 4.81. The number of aromatic nitrogens is 3. The largest absolute Gasteiger partial charge is 0.345 e. The van der Waals surface area contributed by atoms with Crippen LogP contribution in [0.15, 0.2) is 30.7 Å². The molecule has 0 amide bonds. The standard InChI is InChI=1S/C13H15ClN4S2/c1-3-20-9(2)13(19)16-11-8-18(17-12(11)14)10-5-4-6-15-7-10/h4-9H,3H2,1-2H3,(H,16,19). The third kappa shape index (κ3) is 3.71. The molecule has 2 aromatic rings. The van der Waals surface area contributed by atoms with E-state index >= 15 is 0 Å². The highest BCUT2D eigenvalue weighted by Crippen LogP contribution is 2.23. The number of nitrogens with one attached hydrogen (secondary N) is 1. The summed E-state index contributed by atoms with van der Waals surface area (Å²) >= 11 is 13.3. The van der Waals surface area contributed by atoms with E-state index in [0.29, 0.717) is 10.8 Å². The highest BCUT2D eigenvalue weighted by Gasteiger charge is 2.13. The topological polar surface area (TPSA) is 42.7 Å². The number of anilines is 1. The molecule has 0 radical (unpaired) electrons. The number of thioether (sulfide) groups is 1. The number of hydrogen-bond donors (Lipinski definition) is 1. The van der Waals surface area contributed by atoms with Crippen molar-refractivity contribution in [1.29, 1.82) is 0 Å². The van der Waals surface area contributed by atoms with Crippen molar-refractivity contribution in [3.8, 4) is 5.69 Å². The minimum atomic E-state index is 0.243. The van der Waals surface area contributed by atoms with Crippen LogP contribution >= 0.6 is 35.6 Å². The molecule has 2 aromatic heterocycles. The number of thiocarbonyl (C=S) groups is 1. The van der Waals surface area contributed by atoms with Crippen LogP contribution in [0, 0.1) is 0 Å². The summed E-state index contributed by atoms with van der Waals surface area (Å²) in [7, 11) is 0. The SMILES string of the molecule is CCSC(C)C(=S)Nc1cn(-c2cccnc2)nc1Cl. The molecular weight excluding hydrogens is 312 g/mol. The molecule has 0 aliphatic carbocycles. The zero-order valence-electron chi connectivity index (χ0n) is 11.2. The van der Waals surface area contributed by atoms with Gasteiger partial charge in [-0.2, -0.15) is 16.9 Å². The Bertz CT molecular complexity index is 585. The van der Waals surface area contributed by atoms with E-state index in [2.05, 4.69) is 29.2 Å². The van der Waals surface area contributed by atoms with E-state index in [1.165, 1.54) is 0 Å². The highest BCUT2D eigenvalue weighted by atomic mass is 35.5. The molecule has 0 saturated heterocycles. The molecule has 0 aromatic carbocycles. The lowest BCUT2D eigenvalue weighted by molar-refractivity contribution is 0.874. The average Bonchev–Trinajstić information content (AvgIpc) is 2.81. The second kappa shape index (κ2) is 7.06. The first kappa shape index (κ1) is 15.3. The fourth-order valence-electron chi connectivity index (χ4n) is 1.62. The summed E-state index contributed by atoms with van der Waals surface area (Å²) in [5, 5.41) is 8.05. The van der Waals surface area contributed by atoms with E-state index < -0.39 is 0 Å². The molecule has 7 heteroatoms. The highest BCUT2D eigenvalue weighted by molar-refractivity contribution is 8.01. The van der Waals surface area contributed by atoms with Crippen LogP contribution in [0.25, 0.3) is 5.69 Å². The Kier molecular flexibility index (Phi) is 5.39. The minimum Gasteiger partial charge on any atom is -0.345 e. The van der Waals surface area contributed by atoms with Crippen LogP contribution in [0.4, 0.5) is 5.69 Å². The minimum absolute atomic E-state index is 0.243. The zero-order chi connectivity index (χ0) is 14.5. The Morgan fingerprint density at radius 2 is 2.40 bits per heavy atom. The van der Waals surface area contributed by atoms with Gasteiger partial charge in [-0.25, -0.2) is 4.68 Å². The van der Waals surface area contributed by atoms with Crippen molar-refractivity contribution in [2.75, 3.05) is 11.1 Å². The van der Waals surface area contributed by atoms with E-state index in [4.69, 9.17) is 23.8 Å². The summed E-state index contributed by atoms with van der Waals surface area (Å²) in [5.41, 5.74) is 1.56. The van der Waals surface area contributed by atoms with Gasteiger partial charge < -0.3 is 5.32 Å². The second-order valence-electron chi connectivity index (χ2n) is 4.08. The molecule has 1 N–H and O–H groups in total. The number of nitrogens with zero attached hydrogens (tertiary/aromatic N) is 3. The zero-order valence-corrected chi connectivity index (χ0v) is 13.6. The van der Waals surface area contributed by atoms with Gasteiger partial charge >= 0.3 is 0 Å². The molecule has 0 aliphatic heterocycles. The number of pyridine rings is 1. The van der Waals surface area contributed by atoms with E-state index in [-0.39, 0.29) is 5.25 Å². The maximum absolute atomic E-state index is 6.14. The van der Waals surface area contributed by atoms with Crippen LogP contribution in [0.3, 0.4) is 0 Å². The van der Waals surface area contributed by atoms with Gasteiger partial charge in [0, 0.05) is 6.20 Å². The first-order valence-electron chi connectivity index (χ1n) is 6.20. The third-order valence-corrected chi connectivity index (χ3v) is 4.58. The monoisotopic (exact) mass is 326 g/mol. The Balaban J connectivity index is 2.14. The molecule has 0 aliphatic rings. The molecule has 0 fully saturated rings. The molecule has 20 heavy (non-hydrogen) atoms. The van der Waals surface area contributed by atoms with Crippen molar-refractivity contribution in [2.24, 2.45) is 0 Å². The van der Waals surface area contributed by atoms with Crippen LogP contribution in [0.2, 0.25) is 5.15 Å². The number of halogens is 1. The Hall–Kier alpha value is -1.11. The van der Waals surface area contributed by atoms with Crippen LogP contribution in [0.5, 0.6) is 0 Å². The summed E-state index contributed by atoms with van der Waals surface area (Å²) in [6, 6.07) is 3.76. The maximum atomic E-state index is 6.14. The van der Waals surface area contributed by atoms with Crippen molar-refractivity contribution < 1.29 is 0 Å². The van der Waals surface area contributed by atoms with Crippen molar-refractivity contribution in [3.63, 3.8) is 0 Å². The summed E-state index contributed by atoms with van der Waals surface area (Å²) in [6.45, 7) is 4.18. The van der Waals surface area contributed by atoms with Gasteiger partial charge in [-0.3, -0.25) is 4.98 Å². The third-order valence-electron chi connectivity index (χ3n) is 2.62. The van der Waals surface area contributed by atoms with Gasteiger partial charge in [0.05, 0.1) is 34.0 Å². The van der Waals surface area contributed by atoms with E-state index in [1.807, 2.05) is 18.3 Å². The maximum Gasteiger partial charge on any atom is 0.174 e. The Morgan fingerprint density at radius 1 is 1.60 bits per heavy atom. The van der Waals surface area contributed by atoms with Crippen molar-refractivity contribution in [3.05, 3.63) is 35.9 Å². The van der Waals surface area contributed by atoms with Gasteiger partial charge in [0.2, 0.25) is 0 Å². The lowest BCUT2D eigenvalue weighted by Crippen LogP contribution is -2.20. The molecule has 1 unspecified atom stereocenters. The van der Waals surface area contributed by atoms with E-state index in [1.54, 1.807) is 28.8 Å².